The highest BCUT2D eigenvalue weighted by atomic mass is 32.1. The third-order valence-corrected chi connectivity index (χ3v) is 4.64. The molecule has 1 aliphatic rings. The molecule has 0 saturated heterocycles. The predicted octanol–water partition coefficient (Wildman–Crippen LogP) is 2.99. The number of fused-ring (bicyclic) bond motifs is 1. The molecule has 0 spiro atoms. The van der Waals surface area contributed by atoms with Gasteiger partial charge < -0.3 is 10.6 Å². The van der Waals surface area contributed by atoms with Gasteiger partial charge in [0, 0.05) is 23.8 Å². The van der Waals surface area contributed by atoms with E-state index < -0.39 is 0 Å². The molecule has 2 aromatic heterocycles. The first-order valence-electron chi connectivity index (χ1n) is 6.79. The highest BCUT2D eigenvalue weighted by Crippen LogP contribution is 2.33. The molecule has 0 bridgehead atoms. The summed E-state index contributed by atoms with van der Waals surface area (Å²) in [6.45, 7) is 0. The summed E-state index contributed by atoms with van der Waals surface area (Å²) in [6.07, 6.45) is 4.91. The minimum atomic E-state index is -0.105. The summed E-state index contributed by atoms with van der Waals surface area (Å²) in [5, 5.41) is 8.23. The van der Waals surface area contributed by atoms with E-state index in [2.05, 4.69) is 27.1 Å². The zero-order chi connectivity index (χ0) is 13.9. The van der Waals surface area contributed by atoms with Gasteiger partial charge in [0.2, 0.25) is 0 Å². The Kier molecular flexibility index (Phi) is 3.69. The van der Waals surface area contributed by atoms with Gasteiger partial charge in [-0.15, -0.1) is 11.3 Å². The third kappa shape index (κ3) is 2.54. The maximum Gasteiger partial charge on any atom is 0.270 e. The lowest BCUT2D eigenvalue weighted by Gasteiger charge is -2.23. The molecule has 1 amide bonds. The Hall–Kier alpha value is -1.88. The Morgan fingerprint density at radius 3 is 3.20 bits per heavy atom. The minimum Gasteiger partial charge on any atom is -0.388 e. The van der Waals surface area contributed by atoms with Crippen LogP contribution in [0.5, 0.6) is 0 Å². The van der Waals surface area contributed by atoms with Crippen LogP contribution in [0.1, 0.15) is 39.8 Å². The summed E-state index contributed by atoms with van der Waals surface area (Å²) < 4.78 is 0. The van der Waals surface area contributed by atoms with Crippen LogP contribution in [0.25, 0.3) is 0 Å². The minimum absolute atomic E-state index is 0.105. The van der Waals surface area contributed by atoms with Crippen LogP contribution in [0.4, 0.5) is 5.69 Å². The molecule has 2 N–H and O–H groups in total. The molecule has 2 aromatic rings. The van der Waals surface area contributed by atoms with E-state index in [9.17, 15) is 4.79 Å². The van der Waals surface area contributed by atoms with Crippen LogP contribution in [0.3, 0.4) is 0 Å². The van der Waals surface area contributed by atoms with E-state index in [1.54, 1.807) is 23.6 Å². The van der Waals surface area contributed by atoms with Crippen molar-refractivity contribution < 1.29 is 4.79 Å². The van der Waals surface area contributed by atoms with Gasteiger partial charge >= 0.3 is 0 Å². The maximum atomic E-state index is 12.3. The number of hydrogen-bond acceptors (Lipinski definition) is 4. The van der Waals surface area contributed by atoms with E-state index in [1.165, 1.54) is 10.4 Å². The van der Waals surface area contributed by atoms with Crippen molar-refractivity contribution in [1.29, 1.82) is 0 Å². The summed E-state index contributed by atoms with van der Waals surface area (Å²) >= 11 is 1.78. The van der Waals surface area contributed by atoms with Gasteiger partial charge in [-0.05, 0) is 48.4 Å². The summed E-state index contributed by atoms with van der Waals surface area (Å²) in [5.41, 5.74) is 2.63. The number of amides is 1. The molecule has 1 aliphatic carbocycles. The molecule has 0 aliphatic heterocycles. The average Bonchev–Trinajstić information content (AvgIpc) is 2.97. The molecule has 5 heteroatoms. The number of thiophene rings is 1. The molecular weight excluding hydrogens is 270 g/mol. The van der Waals surface area contributed by atoms with Crippen LogP contribution < -0.4 is 10.6 Å². The van der Waals surface area contributed by atoms with Crippen LogP contribution in [-0.2, 0) is 6.42 Å². The fourth-order valence-electron chi connectivity index (χ4n) is 2.58. The number of carbonyl (C=O) groups is 1. The second kappa shape index (κ2) is 5.63. The molecule has 0 fully saturated rings. The SMILES string of the molecule is CNc1ccnc(C(=O)NC2CCCc3sccc32)c1. The van der Waals surface area contributed by atoms with Crippen LogP contribution in [-0.4, -0.2) is 17.9 Å². The zero-order valence-corrected chi connectivity index (χ0v) is 12.2. The van der Waals surface area contributed by atoms with Gasteiger partial charge in [-0.3, -0.25) is 9.78 Å². The summed E-state index contributed by atoms with van der Waals surface area (Å²) in [6, 6.07) is 5.86. The molecule has 20 heavy (non-hydrogen) atoms. The van der Waals surface area contributed by atoms with Gasteiger partial charge in [0.15, 0.2) is 0 Å². The number of rotatable bonds is 3. The molecule has 2 heterocycles. The number of nitrogens with zero attached hydrogens (tertiary/aromatic N) is 1. The molecule has 0 saturated carbocycles. The average molecular weight is 287 g/mol. The van der Waals surface area contributed by atoms with Crippen molar-refractivity contribution in [3.05, 3.63) is 45.9 Å². The summed E-state index contributed by atoms with van der Waals surface area (Å²) in [5.74, 6) is -0.105. The first-order valence-corrected chi connectivity index (χ1v) is 7.67. The van der Waals surface area contributed by atoms with Gasteiger partial charge in [-0.25, -0.2) is 0 Å². The summed E-state index contributed by atoms with van der Waals surface area (Å²) in [7, 11) is 1.83. The lowest BCUT2D eigenvalue weighted by molar-refractivity contribution is 0.0928. The number of nitrogens with one attached hydrogen (secondary N) is 2. The number of pyridine rings is 1. The van der Waals surface area contributed by atoms with E-state index in [4.69, 9.17) is 0 Å². The van der Waals surface area contributed by atoms with Crippen molar-refractivity contribution >= 4 is 22.9 Å². The number of anilines is 1. The maximum absolute atomic E-state index is 12.3. The molecular formula is C15H17N3OS. The quantitative estimate of drug-likeness (QED) is 0.912. The van der Waals surface area contributed by atoms with Crippen LogP contribution in [0.15, 0.2) is 29.8 Å². The molecule has 3 rings (SSSR count). The first kappa shape index (κ1) is 13.1. The van der Waals surface area contributed by atoms with E-state index in [0.717, 1.165) is 24.9 Å². The first-order chi connectivity index (χ1) is 9.78. The summed E-state index contributed by atoms with van der Waals surface area (Å²) in [4.78, 5) is 17.9. The van der Waals surface area contributed by atoms with Gasteiger partial charge in [0.05, 0.1) is 6.04 Å². The number of aryl methyl sites for hydroxylation is 1. The Balaban J connectivity index is 1.77. The molecule has 0 aromatic carbocycles. The topological polar surface area (TPSA) is 54.0 Å². The van der Waals surface area contributed by atoms with Crippen molar-refractivity contribution in [3.8, 4) is 0 Å². The smallest absolute Gasteiger partial charge is 0.270 e. The normalized spacial score (nSPS) is 17.4. The highest BCUT2D eigenvalue weighted by Gasteiger charge is 2.23. The second-order valence-electron chi connectivity index (χ2n) is 4.90. The lowest BCUT2D eigenvalue weighted by atomic mass is 9.94. The van der Waals surface area contributed by atoms with Crippen molar-refractivity contribution in [2.45, 2.75) is 25.3 Å². The van der Waals surface area contributed by atoms with Crippen molar-refractivity contribution in [2.75, 3.05) is 12.4 Å². The largest absolute Gasteiger partial charge is 0.388 e. The monoisotopic (exact) mass is 287 g/mol. The van der Waals surface area contributed by atoms with Crippen LogP contribution in [0, 0.1) is 0 Å². The molecule has 4 nitrogen and oxygen atoms in total. The van der Waals surface area contributed by atoms with E-state index >= 15 is 0 Å². The van der Waals surface area contributed by atoms with Crippen molar-refractivity contribution in [2.24, 2.45) is 0 Å². The van der Waals surface area contributed by atoms with E-state index in [1.807, 2.05) is 13.1 Å². The van der Waals surface area contributed by atoms with Crippen molar-refractivity contribution in [1.82, 2.24) is 10.3 Å². The predicted molar refractivity (Wildman–Crippen MR) is 81.2 cm³/mol. The van der Waals surface area contributed by atoms with Gasteiger partial charge in [-0.1, -0.05) is 0 Å². The van der Waals surface area contributed by atoms with Crippen molar-refractivity contribution in [3.63, 3.8) is 0 Å². The van der Waals surface area contributed by atoms with E-state index in [-0.39, 0.29) is 11.9 Å². The lowest BCUT2D eigenvalue weighted by Crippen LogP contribution is -2.31. The fourth-order valence-corrected chi connectivity index (χ4v) is 3.57. The molecule has 1 unspecified atom stereocenters. The fraction of sp³-hybridized carbons (Fsp3) is 0.333. The van der Waals surface area contributed by atoms with E-state index in [0.29, 0.717) is 5.69 Å². The van der Waals surface area contributed by atoms with Gasteiger partial charge in [-0.2, -0.15) is 0 Å². The Morgan fingerprint density at radius 1 is 1.45 bits per heavy atom. The number of carbonyl (C=O) groups excluding carboxylic acids is 1. The Bertz CT molecular complexity index is 623. The highest BCUT2D eigenvalue weighted by molar-refractivity contribution is 7.10. The molecule has 0 radical (unpaired) electrons. The third-order valence-electron chi connectivity index (χ3n) is 3.64. The zero-order valence-electron chi connectivity index (χ0n) is 11.3. The van der Waals surface area contributed by atoms with Crippen LogP contribution in [0.2, 0.25) is 0 Å². The van der Waals surface area contributed by atoms with Gasteiger partial charge in [0.1, 0.15) is 5.69 Å². The molecule has 104 valence electrons. The molecule has 1 atom stereocenters. The standard InChI is InChI=1S/C15H17N3OS/c1-16-10-5-7-17-13(9-10)15(19)18-12-3-2-4-14-11(12)6-8-20-14/h5-9,12H,2-4H2,1H3,(H,16,17)(H,18,19). The second-order valence-corrected chi connectivity index (χ2v) is 5.90. The number of hydrogen-bond donors (Lipinski definition) is 2. The Morgan fingerprint density at radius 2 is 2.35 bits per heavy atom. The Labute approximate surface area is 122 Å². The van der Waals surface area contributed by atoms with Crippen LogP contribution >= 0.6 is 11.3 Å². The van der Waals surface area contributed by atoms with Gasteiger partial charge in [0.25, 0.3) is 5.91 Å². The number of aromatic nitrogens is 1.